The molecule has 0 radical (unpaired) electrons. The van der Waals surface area contributed by atoms with Gasteiger partial charge in [-0.25, -0.2) is 4.99 Å². The maximum atomic E-state index is 8.74. The van der Waals surface area contributed by atoms with Crippen LogP contribution in [0.4, 0.5) is 0 Å². The smallest absolute Gasteiger partial charge is 0.370 e. The Hall–Kier alpha value is -1.90. The summed E-state index contributed by atoms with van der Waals surface area (Å²) < 4.78 is 31.6. The Balaban J connectivity index is 0.000000494. The number of nitrogens with zero attached hydrogens (tertiary/aromatic N) is 1. The van der Waals surface area contributed by atoms with Gasteiger partial charge in [0.1, 0.15) is 0 Å². The lowest BCUT2D eigenvalue weighted by molar-refractivity contribution is 0.381. The van der Waals surface area contributed by atoms with E-state index in [4.69, 9.17) is 29.0 Å². The van der Waals surface area contributed by atoms with Crippen molar-refractivity contribution in [3.05, 3.63) is 42.0 Å². The van der Waals surface area contributed by atoms with Gasteiger partial charge in [0.05, 0.1) is 6.54 Å². The first kappa shape index (κ1) is 16.1. The lowest BCUT2D eigenvalue weighted by Gasteiger charge is -1.90. The molecule has 0 fully saturated rings. The Kier molecular flexibility index (Phi) is 7.36. The van der Waals surface area contributed by atoms with Crippen LogP contribution in [0.15, 0.2) is 41.4 Å². The lowest BCUT2D eigenvalue weighted by Crippen LogP contribution is -2.22. The Bertz CT molecular complexity index is 485. The molecule has 1 aromatic rings. The van der Waals surface area contributed by atoms with Crippen molar-refractivity contribution < 1.29 is 17.5 Å². The second-order valence-corrected chi connectivity index (χ2v) is 3.92. The number of guanidine groups is 1. The van der Waals surface area contributed by atoms with Gasteiger partial charge in [0.25, 0.3) is 0 Å². The molecule has 100 valence electrons. The van der Waals surface area contributed by atoms with Gasteiger partial charge in [0, 0.05) is 0 Å². The number of hydrogen-bond acceptors (Lipinski definition) is 3. The van der Waals surface area contributed by atoms with Crippen LogP contribution in [-0.2, 0) is 10.4 Å². The molecule has 0 atom stereocenters. The van der Waals surface area contributed by atoms with Crippen LogP contribution in [-0.4, -0.2) is 30.0 Å². The number of rotatable bonds is 3. The highest BCUT2D eigenvalue weighted by molar-refractivity contribution is 7.79. The SMILES string of the molecule is NC(N)=NCC=Cc1ccccc1.O=S(=O)(O)O. The molecule has 1 aromatic carbocycles. The van der Waals surface area contributed by atoms with E-state index in [1.54, 1.807) is 0 Å². The molecule has 0 unspecified atom stereocenters. The van der Waals surface area contributed by atoms with Crippen molar-refractivity contribution in [1.29, 1.82) is 0 Å². The highest BCUT2D eigenvalue weighted by Gasteiger charge is 1.84. The Morgan fingerprint density at radius 1 is 1.22 bits per heavy atom. The molecule has 0 spiro atoms. The molecule has 0 aliphatic carbocycles. The van der Waals surface area contributed by atoms with Crippen LogP contribution in [0.5, 0.6) is 0 Å². The minimum Gasteiger partial charge on any atom is -0.370 e. The summed E-state index contributed by atoms with van der Waals surface area (Å²) in [6.07, 6.45) is 3.89. The third-order valence-corrected chi connectivity index (χ3v) is 1.49. The van der Waals surface area contributed by atoms with Gasteiger partial charge in [-0.2, -0.15) is 8.42 Å². The number of benzene rings is 1. The summed E-state index contributed by atoms with van der Waals surface area (Å²) in [4.78, 5) is 3.83. The maximum Gasteiger partial charge on any atom is 0.394 e. The maximum absolute atomic E-state index is 8.74. The summed E-state index contributed by atoms with van der Waals surface area (Å²) in [5.41, 5.74) is 11.5. The van der Waals surface area contributed by atoms with Crippen molar-refractivity contribution >= 4 is 22.4 Å². The Morgan fingerprint density at radius 3 is 2.17 bits per heavy atom. The third kappa shape index (κ3) is 14.1. The van der Waals surface area contributed by atoms with E-state index in [9.17, 15) is 0 Å². The van der Waals surface area contributed by atoms with Crippen LogP contribution in [0.2, 0.25) is 0 Å². The molecule has 0 saturated heterocycles. The van der Waals surface area contributed by atoms with Crippen molar-refractivity contribution in [2.24, 2.45) is 16.5 Å². The van der Waals surface area contributed by atoms with Crippen molar-refractivity contribution in [3.8, 4) is 0 Å². The summed E-state index contributed by atoms with van der Waals surface area (Å²) in [6, 6.07) is 9.99. The van der Waals surface area contributed by atoms with Gasteiger partial charge in [-0.15, -0.1) is 0 Å². The predicted molar refractivity (Wildman–Crippen MR) is 70.3 cm³/mol. The average Bonchev–Trinajstić information content (AvgIpc) is 2.23. The van der Waals surface area contributed by atoms with E-state index in [-0.39, 0.29) is 5.96 Å². The van der Waals surface area contributed by atoms with Gasteiger partial charge in [-0.3, -0.25) is 9.11 Å². The van der Waals surface area contributed by atoms with Gasteiger partial charge in [-0.05, 0) is 5.56 Å². The van der Waals surface area contributed by atoms with Gasteiger partial charge in [0.2, 0.25) is 0 Å². The molecule has 0 aromatic heterocycles. The first-order valence-corrected chi connectivity index (χ1v) is 6.15. The predicted octanol–water partition coefficient (Wildman–Crippen LogP) is 0.320. The quantitative estimate of drug-likeness (QED) is 0.355. The Labute approximate surface area is 105 Å². The summed E-state index contributed by atoms with van der Waals surface area (Å²) in [7, 11) is -4.67. The van der Waals surface area contributed by atoms with Crippen LogP contribution in [0, 0.1) is 0 Å². The third-order valence-electron chi connectivity index (χ3n) is 1.49. The minimum atomic E-state index is -4.67. The van der Waals surface area contributed by atoms with E-state index in [0.717, 1.165) is 5.56 Å². The van der Waals surface area contributed by atoms with Crippen LogP contribution < -0.4 is 11.5 Å². The molecular formula is C10H15N3O4S. The molecule has 0 saturated carbocycles. The molecule has 0 bridgehead atoms. The highest BCUT2D eigenvalue weighted by Crippen LogP contribution is 2.00. The minimum absolute atomic E-state index is 0.123. The zero-order valence-electron chi connectivity index (χ0n) is 9.47. The fourth-order valence-corrected chi connectivity index (χ4v) is 0.911. The van der Waals surface area contributed by atoms with Crippen molar-refractivity contribution in [2.75, 3.05) is 6.54 Å². The molecule has 7 nitrogen and oxygen atoms in total. The van der Waals surface area contributed by atoms with Crippen LogP contribution in [0.1, 0.15) is 5.56 Å². The monoisotopic (exact) mass is 273 g/mol. The first-order chi connectivity index (χ1) is 8.29. The zero-order valence-corrected chi connectivity index (χ0v) is 10.3. The van der Waals surface area contributed by atoms with Crippen molar-refractivity contribution in [3.63, 3.8) is 0 Å². The molecule has 0 heterocycles. The van der Waals surface area contributed by atoms with Crippen molar-refractivity contribution in [2.45, 2.75) is 0 Å². The molecule has 8 heteroatoms. The fraction of sp³-hybridized carbons (Fsp3) is 0.100. The van der Waals surface area contributed by atoms with E-state index in [1.807, 2.05) is 42.5 Å². The van der Waals surface area contributed by atoms with E-state index in [1.165, 1.54) is 0 Å². The first-order valence-electron chi connectivity index (χ1n) is 4.76. The van der Waals surface area contributed by atoms with Crippen LogP contribution >= 0.6 is 0 Å². The summed E-state index contributed by atoms with van der Waals surface area (Å²) >= 11 is 0. The highest BCUT2D eigenvalue weighted by atomic mass is 32.3. The average molecular weight is 273 g/mol. The van der Waals surface area contributed by atoms with Gasteiger partial charge < -0.3 is 11.5 Å². The zero-order chi connectivity index (χ0) is 14.0. The number of nitrogens with two attached hydrogens (primary N) is 2. The summed E-state index contributed by atoms with van der Waals surface area (Å²) in [5.74, 6) is 0.123. The summed E-state index contributed by atoms with van der Waals surface area (Å²) in [6.45, 7) is 0.525. The normalized spacial score (nSPS) is 10.6. The van der Waals surface area contributed by atoms with E-state index < -0.39 is 10.4 Å². The van der Waals surface area contributed by atoms with Gasteiger partial charge in [0.15, 0.2) is 5.96 Å². The number of aliphatic imine (C=N–C) groups is 1. The molecule has 0 amide bonds. The molecule has 6 N–H and O–H groups in total. The summed E-state index contributed by atoms with van der Waals surface area (Å²) in [5, 5.41) is 0. The fourth-order valence-electron chi connectivity index (χ4n) is 0.911. The lowest BCUT2D eigenvalue weighted by atomic mass is 10.2. The standard InChI is InChI=1S/C10H13N3.H2O4S/c11-10(12)13-8-4-7-9-5-2-1-3-6-9;1-5(2,3)4/h1-7H,8H2,(H4,11,12,13);(H2,1,2,3,4). The largest absolute Gasteiger partial charge is 0.394 e. The Morgan fingerprint density at radius 2 is 1.72 bits per heavy atom. The molecule has 18 heavy (non-hydrogen) atoms. The molecule has 1 rings (SSSR count). The number of hydrogen-bond donors (Lipinski definition) is 4. The van der Waals surface area contributed by atoms with Crippen molar-refractivity contribution in [1.82, 2.24) is 0 Å². The van der Waals surface area contributed by atoms with Crippen LogP contribution in [0.25, 0.3) is 6.08 Å². The second-order valence-electron chi connectivity index (χ2n) is 3.03. The van der Waals surface area contributed by atoms with Gasteiger partial charge in [-0.1, -0.05) is 42.5 Å². The molecule has 0 aliphatic heterocycles. The van der Waals surface area contributed by atoms with E-state index in [0.29, 0.717) is 6.54 Å². The molecular weight excluding hydrogens is 258 g/mol. The van der Waals surface area contributed by atoms with E-state index in [2.05, 4.69) is 4.99 Å². The molecule has 0 aliphatic rings. The van der Waals surface area contributed by atoms with E-state index >= 15 is 0 Å². The second kappa shape index (κ2) is 8.23. The topological polar surface area (TPSA) is 139 Å². The van der Waals surface area contributed by atoms with Gasteiger partial charge >= 0.3 is 10.4 Å². The van der Waals surface area contributed by atoms with Crippen LogP contribution in [0.3, 0.4) is 0 Å².